The Bertz CT molecular complexity index is 112. The third-order valence-corrected chi connectivity index (χ3v) is 2.42. The number of nitrogens with zero attached hydrogens (tertiary/aromatic N) is 1. The molecule has 0 radical (unpaired) electrons. The van der Waals surface area contributed by atoms with Gasteiger partial charge in [-0.15, -0.1) is 24.8 Å². The van der Waals surface area contributed by atoms with E-state index in [1.54, 1.807) is 0 Å². The predicted octanol–water partition coefficient (Wildman–Crippen LogP) is 1.15. The van der Waals surface area contributed by atoms with Gasteiger partial charge in [-0.3, -0.25) is 0 Å². The second-order valence-electron chi connectivity index (χ2n) is 3.49. The molecule has 0 unspecified atom stereocenters. The summed E-state index contributed by atoms with van der Waals surface area (Å²) < 4.78 is 0. The number of rotatable bonds is 2. The van der Waals surface area contributed by atoms with E-state index in [2.05, 4.69) is 10.2 Å². The molecule has 0 atom stereocenters. The average molecular weight is 213 g/mol. The van der Waals surface area contributed by atoms with Crippen LogP contribution in [0.15, 0.2) is 0 Å². The monoisotopic (exact) mass is 212 g/mol. The van der Waals surface area contributed by atoms with E-state index in [0.717, 1.165) is 5.92 Å². The molecule has 0 spiro atoms. The molecular weight excluding hydrogens is 195 g/mol. The first-order valence-electron chi connectivity index (χ1n) is 4.38. The zero-order valence-corrected chi connectivity index (χ0v) is 8.92. The van der Waals surface area contributed by atoms with E-state index in [-0.39, 0.29) is 24.8 Å². The Morgan fingerprint density at radius 1 is 1.08 bits per heavy atom. The van der Waals surface area contributed by atoms with Gasteiger partial charge in [0.2, 0.25) is 0 Å². The summed E-state index contributed by atoms with van der Waals surface area (Å²) in [7, 11) is 0. The van der Waals surface area contributed by atoms with Gasteiger partial charge in [0.1, 0.15) is 0 Å². The van der Waals surface area contributed by atoms with E-state index < -0.39 is 0 Å². The highest BCUT2D eigenvalue weighted by molar-refractivity contribution is 5.85. The van der Waals surface area contributed by atoms with Crippen LogP contribution in [0.4, 0.5) is 0 Å². The quantitative estimate of drug-likeness (QED) is 0.740. The Balaban J connectivity index is 0.000000605. The van der Waals surface area contributed by atoms with Crippen molar-refractivity contribution in [3.8, 4) is 0 Å². The average Bonchev–Trinajstić information content (AvgIpc) is 2.74. The molecule has 0 bridgehead atoms. The van der Waals surface area contributed by atoms with Crippen molar-refractivity contribution >= 4 is 24.8 Å². The van der Waals surface area contributed by atoms with Crippen LogP contribution >= 0.6 is 24.8 Å². The van der Waals surface area contributed by atoms with Gasteiger partial charge in [0.25, 0.3) is 0 Å². The van der Waals surface area contributed by atoms with Crippen molar-refractivity contribution in [3.63, 3.8) is 0 Å². The molecule has 2 rings (SSSR count). The zero-order valence-electron chi connectivity index (χ0n) is 7.29. The summed E-state index contributed by atoms with van der Waals surface area (Å²) >= 11 is 0. The van der Waals surface area contributed by atoms with E-state index >= 15 is 0 Å². The van der Waals surface area contributed by atoms with Gasteiger partial charge in [-0.2, -0.15) is 0 Å². The van der Waals surface area contributed by atoms with Gasteiger partial charge in [0.15, 0.2) is 0 Å². The lowest BCUT2D eigenvalue weighted by Gasteiger charge is -2.26. The molecular formula is C8H18Cl2N2. The van der Waals surface area contributed by atoms with Crippen LogP contribution in [0.2, 0.25) is 0 Å². The highest BCUT2D eigenvalue weighted by Gasteiger charge is 2.24. The second kappa shape index (κ2) is 6.03. The van der Waals surface area contributed by atoms with Crippen LogP contribution in [0, 0.1) is 5.92 Å². The van der Waals surface area contributed by atoms with Crippen LogP contribution in [0.5, 0.6) is 0 Å². The van der Waals surface area contributed by atoms with E-state index in [9.17, 15) is 0 Å². The molecule has 2 fully saturated rings. The maximum atomic E-state index is 3.37. The largest absolute Gasteiger partial charge is 0.314 e. The standard InChI is InChI=1S/C8H16N2.2ClH/c1-2-8(1)7-10-5-3-9-4-6-10;;/h8-9H,1-7H2;2*1H. The van der Waals surface area contributed by atoms with Gasteiger partial charge in [-0.1, -0.05) is 0 Å². The lowest BCUT2D eigenvalue weighted by Crippen LogP contribution is -2.44. The number of hydrogen-bond donors (Lipinski definition) is 1. The van der Waals surface area contributed by atoms with Gasteiger partial charge in [-0.05, 0) is 18.8 Å². The van der Waals surface area contributed by atoms with Crippen LogP contribution in [-0.2, 0) is 0 Å². The molecule has 4 heteroatoms. The number of halogens is 2. The molecule has 0 aromatic carbocycles. The van der Waals surface area contributed by atoms with Crippen molar-refractivity contribution in [3.05, 3.63) is 0 Å². The Kier molecular flexibility index (Phi) is 6.28. The van der Waals surface area contributed by atoms with Crippen LogP contribution in [0.3, 0.4) is 0 Å². The first kappa shape index (κ1) is 12.5. The molecule has 0 aromatic rings. The van der Waals surface area contributed by atoms with Gasteiger partial charge in [0.05, 0.1) is 0 Å². The molecule has 2 aliphatic rings. The molecule has 2 nitrogen and oxygen atoms in total. The lowest BCUT2D eigenvalue weighted by atomic mass is 10.3. The molecule has 1 N–H and O–H groups in total. The predicted molar refractivity (Wildman–Crippen MR) is 56.5 cm³/mol. The maximum Gasteiger partial charge on any atom is 0.0107 e. The zero-order chi connectivity index (χ0) is 6.81. The summed E-state index contributed by atoms with van der Waals surface area (Å²) in [5.74, 6) is 1.07. The van der Waals surface area contributed by atoms with Crippen LogP contribution in [0.1, 0.15) is 12.8 Å². The fourth-order valence-corrected chi connectivity index (χ4v) is 1.56. The SMILES string of the molecule is C1CN(CC2CC2)CCN1.Cl.Cl. The first-order valence-corrected chi connectivity index (χ1v) is 4.38. The first-order chi connectivity index (χ1) is 4.95. The Labute approximate surface area is 86.9 Å². The van der Waals surface area contributed by atoms with Crippen LogP contribution in [0.25, 0.3) is 0 Å². The van der Waals surface area contributed by atoms with Crippen molar-refractivity contribution in [2.45, 2.75) is 12.8 Å². The molecule has 1 heterocycles. The summed E-state index contributed by atoms with van der Waals surface area (Å²) in [5.41, 5.74) is 0. The van der Waals surface area contributed by atoms with Crippen LogP contribution < -0.4 is 5.32 Å². The molecule has 74 valence electrons. The van der Waals surface area contributed by atoms with Gasteiger partial charge < -0.3 is 10.2 Å². The Hall–Kier alpha value is 0.500. The fourth-order valence-electron chi connectivity index (χ4n) is 1.56. The minimum Gasteiger partial charge on any atom is -0.314 e. The molecule has 0 aromatic heterocycles. The number of hydrogen-bond acceptors (Lipinski definition) is 2. The summed E-state index contributed by atoms with van der Waals surface area (Å²) in [5, 5.41) is 3.37. The minimum absolute atomic E-state index is 0. The van der Waals surface area contributed by atoms with Crippen LogP contribution in [-0.4, -0.2) is 37.6 Å². The third kappa shape index (κ3) is 3.94. The lowest BCUT2D eigenvalue weighted by molar-refractivity contribution is 0.232. The summed E-state index contributed by atoms with van der Waals surface area (Å²) in [4.78, 5) is 2.59. The Morgan fingerprint density at radius 2 is 1.67 bits per heavy atom. The van der Waals surface area contributed by atoms with Crippen molar-refractivity contribution in [2.24, 2.45) is 5.92 Å². The van der Waals surface area contributed by atoms with Gasteiger partial charge in [0, 0.05) is 32.7 Å². The summed E-state index contributed by atoms with van der Waals surface area (Å²) in [6.07, 6.45) is 2.98. The number of nitrogens with one attached hydrogen (secondary N) is 1. The van der Waals surface area contributed by atoms with Gasteiger partial charge in [-0.25, -0.2) is 0 Å². The smallest absolute Gasteiger partial charge is 0.0107 e. The maximum absolute atomic E-state index is 3.37. The minimum atomic E-state index is 0. The second-order valence-corrected chi connectivity index (χ2v) is 3.49. The topological polar surface area (TPSA) is 15.3 Å². The molecule has 1 aliphatic carbocycles. The van der Waals surface area contributed by atoms with E-state index in [1.807, 2.05) is 0 Å². The highest BCUT2D eigenvalue weighted by Crippen LogP contribution is 2.29. The molecule has 1 aliphatic heterocycles. The van der Waals surface area contributed by atoms with Crippen molar-refractivity contribution in [1.29, 1.82) is 0 Å². The molecule has 1 saturated heterocycles. The Morgan fingerprint density at radius 3 is 2.17 bits per heavy atom. The number of piperazine rings is 1. The molecule has 12 heavy (non-hydrogen) atoms. The fraction of sp³-hybridized carbons (Fsp3) is 1.00. The van der Waals surface area contributed by atoms with E-state index in [4.69, 9.17) is 0 Å². The molecule has 0 amide bonds. The van der Waals surface area contributed by atoms with Crippen molar-refractivity contribution < 1.29 is 0 Å². The highest BCUT2D eigenvalue weighted by atomic mass is 35.5. The molecule has 1 saturated carbocycles. The van der Waals surface area contributed by atoms with Crippen molar-refractivity contribution in [2.75, 3.05) is 32.7 Å². The third-order valence-electron chi connectivity index (χ3n) is 2.42. The van der Waals surface area contributed by atoms with Gasteiger partial charge >= 0.3 is 0 Å². The van der Waals surface area contributed by atoms with E-state index in [0.29, 0.717) is 0 Å². The van der Waals surface area contributed by atoms with Crippen molar-refractivity contribution in [1.82, 2.24) is 10.2 Å². The summed E-state index contributed by atoms with van der Waals surface area (Å²) in [6, 6.07) is 0. The normalized spacial score (nSPS) is 24.0. The summed E-state index contributed by atoms with van der Waals surface area (Å²) in [6.45, 7) is 6.33. The van der Waals surface area contributed by atoms with E-state index in [1.165, 1.54) is 45.6 Å².